The second-order valence-electron chi connectivity index (χ2n) is 3.89. The van der Waals surface area contributed by atoms with Gasteiger partial charge in [-0.2, -0.15) is 0 Å². The summed E-state index contributed by atoms with van der Waals surface area (Å²) >= 11 is 0. The van der Waals surface area contributed by atoms with Gasteiger partial charge in [0, 0.05) is 0 Å². The molecule has 0 radical (unpaired) electrons. The van der Waals surface area contributed by atoms with Crippen LogP contribution in [0.1, 0.15) is 27.2 Å². The van der Waals surface area contributed by atoms with Crippen LogP contribution in [0.15, 0.2) is 24.3 Å². The van der Waals surface area contributed by atoms with Gasteiger partial charge in [0.15, 0.2) is 0 Å². The molecule has 0 saturated carbocycles. The molecule has 10 heavy (non-hydrogen) atoms. The molecule has 0 saturated heterocycles. The molecule has 1 aliphatic carbocycles. The molecule has 0 heteroatoms. The standard InChI is InChI=1S/C10H16/c1-8-6-5-7-10(3,4)9(8)2/h5-6,9H,1,7H2,2-4H3. The fraction of sp³-hybridized carbons (Fsp3) is 0.600. The van der Waals surface area contributed by atoms with E-state index in [9.17, 15) is 0 Å². The Labute approximate surface area is 63.6 Å². The summed E-state index contributed by atoms with van der Waals surface area (Å²) < 4.78 is 0. The van der Waals surface area contributed by atoms with Crippen molar-refractivity contribution in [1.29, 1.82) is 0 Å². The molecule has 0 aromatic heterocycles. The van der Waals surface area contributed by atoms with Gasteiger partial charge in [0.1, 0.15) is 0 Å². The van der Waals surface area contributed by atoms with Gasteiger partial charge in [-0.1, -0.05) is 45.1 Å². The molecule has 1 aliphatic rings. The first-order valence-electron chi connectivity index (χ1n) is 3.89. The monoisotopic (exact) mass is 136 g/mol. The lowest BCUT2D eigenvalue weighted by atomic mass is 9.71. The normalized spacial score (nSPS) is 30.7. The van der Waals surface area contributed by atoms with Gasteiger partial charge in [-0.05, 0) is 17.8 Å². The van der Waals surface area contributed by atoms with E-state index in [4.69, 9.17) is 0 Å². The third kappa shape index (κ3) is 1.16. The highest BCUT2D eigenvalue weighted by atomic mass is 14.3. The van der Waals surface area contributed by atoms with Crippen molar-refractivity contribution in [3.63, 3.8) is 0 Å². The molecule has 0 aliphatic heterocycles. The molecule has 0 aromatic carbocycles. The molecule has 0 bridgehead atoms. The summed E-state index contributed by atoms with van der Waals surface area (Å²) in [6.07, 6.45) is 5.56. The van der Waals surface area contributed by atoms with E-state index in [-0.39, 0.29) is 0 Å². The van der Waals surface area contributed by atoms with Crippen molar-refractivity contribution in [2.24, 2.45) is 11.3 Å². The van der Waals surface area contributed by atoms with Crippen molar-refractivity contribution < 1.29 is 0 Å². The van der Waals surface area contributed by atoms with Crippen LogP contribution in [0.3, 0.4) is 0 Å². The largest absolute Gasteiger partial charge is 0.0956 e. The van der Waals surface area contributed by atoms with Gasteiger partial charge in [-0.3, -0.25) is 0 Å². The van der Waals surface area contributed by atoms with Crippen LogP contribution in [-0.2, 0) is 0 Å². The lowest BCUT2D eigenvalue weighted by Crippen LogP contribution is -2.24. The summed E-state index contributed by atoms with van der Waals surface area (Å²) in [5.41, 5.74) is 1.70. The van der Waals surface area contributed by atoms with E-state index in [1.54, 1.807) is 0 Å². The number of hydrogen-bond acceptors (Lipinski definition) is 0. The summed E-state index contributed by atoms with van der Waals surface area (Å²) in [7, 11) is 0. The minimum atomic E-state index is 0.422. The van der Waals surface area contributed by atoms with Crippen LogP contribution in [0.4, 0.5) is 0 Å². The Kier molecular flexibility index (Phi) is 1.72. The zero-order valence-electron chi connectivity index (χ0n) is 7.15. The van der Waals surface area contributed by atoms with Crippen LogP contribution in [0.5, 0.6) is 0 Å². The van der Waals surface area contributed by atoms with E-state index in [0.717, 1.165) is 0 Å². The highest BCUT2D eigenvalue weighted by molar-refractivity contribution is 5.23. The van der Waals surface area contributed by atoms with Crippen molar-refractivity contribution in [3.8, 4) is 0 Å². The number of rotatable bonds is 0. The van der Waals surface area contributed by atoms with Crippen LogP contribution in [0.2, 0.25) is 0 Å². The Bertz CT molecular complexity index is 172. The van der Waals surface area contributed by atoms with E-state index < -0.39 is 0 Å². The lowest BCUT2D eigenvalue weighted by molar-refractivity contribution is 0.265. The quantitative estimate of drug-likeness (QED) is 0.480. The van der Waals surface area contributed by atoms with Gasteiger partial charge in [-0.25, -0.2) is 0 Å². The predicted octanol–water partition coefficient (Wildman–Crippen LogP) is 3.16. The lowest BCUT2D eigenvalue weighted by Gasteiger charge is -2.34. The maximum absolute atomic E-state index is 4.00. The summed E-state index contributed by atoms with van der Waals surface area (Å²) in [4.78, 5) is 0. The Morgan fingerprint density at radius 3 is 2.60 bits per heavy atom. The van der Waals surface area contributed by atoms with Gasteiger partial charge < -0.3 is 0 Å². The van der Waals surface area contributed by atoms with Crippen LogP contribution in [-0.4, -0.2) is 0 Å². The van der Waals surface area contributed by atoms with Crippen LogP contribution >= 0.6 is 0 Å². The van der Waals surface area contributed by atoms with Crippen molar-refractivity contribution in [1.82, 2.24) is 0 Å². The van der Waals surface area contributed by atoms with Crippen LogP contribution in [0, 0.1) is 11.3 Å². The molecule has 0 aromatic rings. The van der Waals surface area contributed by atoms with Gasteiger partial charge >= 0.3 is 0 Å². The van der Waals surface area contributed by atoms with Crippen LogP contribution < -0.4 is 0 Å². The molecular weight excluding hydrogens is 120 g/mol. The maximum Gasteiger partial charge on any atom is -0.0142 e. The fourth-order valence-corrected chi connectivity index (χ4v) is 1.34. The average molecular weight is 136 g/mol. The second-order valence-corrected chi connectivity index (χ2v) is 3.89. The minimum Gasteiger partial charge on any atom is -0.0956 e. The predicted molar refractivity (Wildman–Crippen MR) is 45.8 cm³/mol. The number of hydrogen-bond donors (Lipinski definition) is 0. The van der Waals surface area contributed by atoms with E-state index >= 15 is 0 Å². The summed E-state index contributed by atoms with van der Waals surface area (Å²) in [5, 5.41) is 0. The molecule has 1 rings (SSSR count). The molecule has 0 N–H and O–H groups in total. The topological polar surface area (TPSA) is 0 Å². The second kappa shape index (κ2) is 2.26. The molecule has 0 nitrogen and oxygen atoms in total. The molecule has 0 fully saturated rings. The number of allylic oxidation sites excluding steroid dienone is 3. The fourth-order valence-electron chi connectivity index (χ4n) is 1.34. The third-order valence-electron chi connectivity index (χ3n) is 2.70. The van der Waals surface area contributed by atoms with Crippen LogP contribution in [0.25, 0.3) is 0 Å². The zero-order chi connectivity index (χ0) is 7.78. The van der Waals surface area contributed by atoms with Gasteiger partial charge in [-0.15, -0.1) is 0 Å². The molecular formula is C10H16. The first-order valence-corrected chi connectivity index (χ1v) is 3.89. The first-order chi connectivity index (χ1) is 4.54. The average Bonchev–Trinajstić information content (AvgIpc) is 1.83. The molecule has 1 atom stereocenters. The van der Waals surface area contributed by atoms with Crippen molar-refractivity contribution in [2.45, 2.75) is 27.2 Å². The van der Waals surface area contributed by atoms with Gasteiger partial charge in [0.2, 0.25) is 0 Å². The van der Waals surface area contributed by atoms with E-state index in [2.05, 4.69) is 39.5 Å². The van der Waals surface area contributed by atoms with Crippen molar-refractivity contribution in [3.05, 3.63) is 24.3 Å². The summed E-state index contributed by atoms with van der Waals surface area (Å²) in [6, 6.07) is 0. The first kappa shape index (κ1) is 7.59. The zero-order valence-corrected chi connectivity index (χ0v) is 7.15. The molecule has 56 valence electrons. The van der Waals surface area contributed by atoms with E-state index in [1.165, 1.54) is 12.0 Å². The Balaban J connectivity index is 2.85. The Hall–Kier alpha value is -0.520. The highest BCUT2D eigenvalue weighted by Crippen LogP contribution is 2.38. The summed E-state index contributed by atoms with van der Waals surface area (Å²) in [5.74, 6) is 0.637. The summed E-state index contributed by atoms with van der Waals surface area (Å²) in [6.45, 7) is 10.9. The third-order valence-corrected chi connectivity index (χ3v) is 2.70. The van der Waals surface area contributed by atoms with E-state index in [0.29, 0.717) is 11.3 Å². The Morgan fingerprint density at radius 1 is 1.60 bits per heavy atom. The maximum atomic E-state index is 4.00. The molecule has 0 heterocycles. The molecule has 0 spiro atoms. The minimum absolute atomic E-state index is 0.422. The van der Waals surface area contributed by atoms with Crippen molar-refractivity contribution >= 4 is 0 Å². The highest BCUT2D eigenvalue weighted by Gasteiger charge is 2.27. The van der Waals surface area contributed by atoms with Gasteiger partial charge in [0.25, 0.3) is 0 Å². The van der Waals surface area contributed by atoms with Crippen molar-refractivity contribution in [2.75, 3.05) is 0 Å². The molecule has 0 amide bonds. The SMILES string of the molecule is C=C1C=CCC(C)(C)C1C. The molecule has 1 unspecified atom stereocenters. The van der Waals surface area contributed by atoms with E-state index in [1.807, 2.05) is 0 Å². The van der Waals surface area contributed by atoms with Gasteiger partial charge in [0.05, 0.1) is 0 Å². The Morgan fingerprint density at radius 2 is 2.20 bits per heavy atom. The smallest absolute Gasteiger partial charge is 0.0142 e.